The minimum Gasteiger partial charge on any atom is -0.337 e. The van der Waals surface area contributed by atoms with E-state index in [2.05, 4.69) is 10.1 Å². The molecule has 1 aromatic heterocycles. The van der Waals surface area contributed by atoms with E-state index < -0.39 is 11.0 Å². The summed E-state index contributed by atoms with van der Waals surface area (Å²) in [4.78, 5) is 40.0. The molecule has 3 rings (SSSR count). The van der Waals surface area contributed by atoms with Gasteiger partial charge in [-0.2, -0.15) is 4.98 Å². The first-order valence-electron chi connectivity index (χ1n) is 6.58. The number of non-ortho nitro benzene ring substituents is 1. The predicted molar refractivity (Wildman–Crippen MR) is 75.0 cm³/mol. The van der Waals surface area contributed by atoms with Crippen molar-refractivity contribution in [3.05, 3.63) is 40.3 Å². The molecular weight excluding hydrogens is 306 g/mol. The van der Waals surface area contributed by atoms with Crippen LogP contribution in [0, 0.1) is 10.1 Å². The molecule has 1 saturated heterocycles. The van der Waals surface area contributed by atoms with Crippen LogP contribution in [-0.4, -0.2) is 50.4 Å². The Morgan fingerprint density at radius 2 is 2.00 bits per heavy atom. The maximum Gasteiger partial charge on any atom is 0.327 e. The zero-order valence-electron chi connectivity index (χ0n) is 12.0. The zero-order chi connectivity index (χ0) is 16.6. The molecule has 1 aliphatic heterocycles. The Morgan fingerprint density at radius 1 is 1.30 bits per heavy atom. The standard InChI is InChI=1S/C13H11N5O5/c1-16-7-11(19)17(13(16)20)6-10-14-12(15-23-10)8-2-4-9(5-3-8)18(21)22/h2-5H,6-7H2,1H3. The summed E-state index contributed by atoms with van der Waals surface area (Å²) in [6, 6.07) is 5.21. The van der Waals surface area contributed by atoms with Crippen LogP contribution in [0.4, 0.5) is 10.5 Å². The molecule has 0 saturated carbocycles. The Balaban J connectivity index is 1.77. The molecule has 2 aromatic rings. The Labute approximate surface area is 129 Å². The van der Waals surface area contributed by atoms with Crippen LogP contribution in [-0.2, 0) is 11.3 Å². The van der Waals surface area contributed by atoms with Crippen molar-refractivity contribution in [2.75, 3.05) is 13.6 Å². The molecule has 23 heavy (non-hydrogen) atoms. The fourth-order valence-corrected chi connectivity index (χ4v) is 2.13. The fraction of sp³-hybridized carbons (Fsp3) is 0.231. The van der Waals surface area contributed by atoms with Crippen molar-refractivity contribution in [2.24, 2.45) is 0 Å². The highest BCUT2D eigenvalue weighted by Gasteiger charge is 2.34. The van der Waals surface area contributed by atoms with Crippen LogP contribution >= 0.6 is 0 Å². The fourth-order valence-electron chi connectivity index (χ4n) is 2.13. The number of nitrogens with zero attached hydrogens (tertiary/aromatic N) is 5. The number of nitro benzene ring substituents is 1. The summed E-state index contributed by atoms with van der Waals surface area (Å²) in [6.45, 7) is -0.0931. The highest BCUT2D eigenvalue weighted by molar-refractivity contribution is 6.01. The van der Waals surface area contributed by atoms with Crippen molar-refractivity contribution in [1.82, 2.24) is 19.9 Å². The quantitative estimate of drug-likeness (QED) is 0.469. The molecule has 0 aliphatic carbocycles. The van der Waals surface area contributed by atoms with Crippen LogP contribution in [0.2, 0.25) is 0 Å². The monoisotopic (exact) mass is 317 g/mol. The molecule has 0 atom stereocenters. The molecule has 1 aliphatic rings. The molecule has 0 bridgehead atoms. The number of urea groups is 1. The van der Waals surface area contributed by atoms with E-state index in [0.29, 0.717) is 5.56 Å². The summed E-state index contributed by atoms with van der Waals surface area (Å²) >= 11 is 0. The Hall–Kier alpha value is -3.30. The second kappa shape index (κ2) is 5.48. The van der Waals surface area contributed by atoms with Crippen molar-refractivity contribution in [3.8, 4) is 11.4 Å². The first-order valence-corrected chi connectivity index (χ1v) is 6.58. The molecule has 0 radical (unpaired) electrons. The van der Waals surface area contributed by atoms with Crippen molar-refractivity contribution < 1.29 is 19.0 Å². The van der Waals surface area contributed by atoms with Gasteiger partial charge in [-0.15, -0.1) is 0 Å². The molecule has 0 spiro atoms. The molecular formula is C13H11N5O5. The molecule has 2 heterocycles. The van der Waals surface area contributed by atoms with E-state index >= 15 is 0 Å². The predicted octanol–water partition coefficient (Wildman–Crippen LogP) is 1.04. The molecule has 3 amide bonds. The van der Waals surface area contributed by atoms with Crippen molar-refractivity contribution >= 4 is 17.6 Å². The van der Waals surface area contributed by atoms with Gasteiger partial charge in [-0.1, -0.05) is 5.16 Å². The number of benzene rings is 1. The van der Waals surface area contributed by atoms with Gasteiger partial charge in [0.1, 0.15) is 13.1 Å². The average Bonchev–Trinajstić information content (AvgIpc) is 3.08. The lowest BCUT2D eigenvalue weighted by molar-refractivity contribution is -0.384. The van der Waals surface area contributed by atoms with Crippen LogP contribution in [0.3, 0.4) is 0 Å². The van der Waals surface area contributed by atoms with Gasteiger partial charge in [0.05, 0.1) is 4.92 Å². The first kappa shape index (κ1) is 14.6. The van der Waals surface area contributed by atoms with Gasteiger partial charge in [-0.3, -0.25) is 19.8 Å². The molecule has 118 valence electrons. The molecule has 0 N–H and O–H groups in total. The van der Waals surface area contributed by atoms with E-state index in [9.17, 15) is 19.7 Å². The summed E-state index contributed by atoms with van der Waals surface area (Å²) < 4.78 is 5.03. The van der Waals surface area contributed by atoms with Gasteiger partial charge in [-0.25, -0.2) is 4.79 Å². The minimum atomic E-state index is -0.507. The third kappa shape index (κ3) is 2.73. The van der Waals surface area contributed by atoms with Crippen LogP contribution in [0.15, 0.2) is 28.8 Å². The maximum absolute atomic E-state index is 11.8. The highest BCUT2D eigenvalue weighted by Crippen LogP contribution is 2.20. The first-order chi connectivity index (χ1) is 11.0. The molecule has 0 unspecified atom stereocenters. The number of likely N-dealkylation sites (N-methyl/N-ethyl adjacent to an activating group) is 1. The second-order valence-electron chi connectivity index (χ2n) is 4.93. The number of imide groups is 1. The normalized spacial score (nSPS) is 14.7. The number of hydrogen-bond donors (Lipinski definition) is 0. The Morgan fingerprint density at radius 3 is 2.57 bits per heavy atom. The zero-order valence-corrected chi connectivity index (χ0v) is 12.0. The van der Waals surface area contributed by atoms with E-state index in [1.807, 2.05) is 0 Å². The van der Waals surface area contributed by atoms with Gasteiger partial charge < -0.3 is 9.42 Å². The van der Waals surface area contributed by atoms with E-state index in [-0.39, 0.29) is 36.4 Å². The van der Waals surface area contributed by atoms with E-state index in [0.717, 1.165) is 4.90 Å². The third-order valence-electron chi connectivity index (χ3n) is 3.33. The minimum absolute atomic E-state index is 0.0161. The smallest absolute Gasteiger partial charge is 0.327 e. The number of carbonyl (C=O) groups is 2. The highest BCUT2D eigenvalue weighted by atomic mass is 16.6. The second-order valence-corrected chi connectivity index (χ2v) is 4.93. The Kier molecular flexibility index (Phi) is 3.48. The van der Waals surface area contributed by atoms with Gasteiger partial charge in [0, 0.05) is 24.7 Å². The SMILES string of the molecule is CN1CC(=O)N(Cc2nc(-c3ccc([N+](=O)[O-])cc3)no2)C1=O. The number of nitro groups is 1. The lowest BCUT2D eigenvalue weighted by atomic mass is 10.2. The molecule has 1 fully saturated rings. The van der Waals surface area contributed by atoms with Crippen LogP contribution in [0.5, 0.6) is 0 Å². The number of amides is 3. The summed E-state index contributed by atoms with van der Waals surface area (Å²) in [7, 11) is 1.52. The Bertz CT molecular complexity index is 784. The number of carbonyl (C=O) groups excluding carboxylic acids is 2. The average molecular weight is 317 g/mol. The third-order valence-corrected chi connectivity index (χ3v) is 3.33. The summed E-state index contributed by atoms with van der Waals surface area (Å²) in [5.74, 6) is -0.00899. The van der Waals surface area contributed by atoms with Crippen molar-refractivity contribution in [2.45, 2.75) is 6.54 Å². The number of hydrogen-bond acceptors (Lipinski definition) is 7. The van der Waals surface area contributed by atoms with Gasteiger partial charge in [0.25, 0.3) is 11.6 Å². The molecule has 1 aromatic carbocycles. The van der Waals surface area contributed by atoms with E-state index in [4.69, 9.17) is 4.52 Å². The van der Waals surface area contributed by atoms with Crippen LogP contribution in [0.25, 0.3) is 11.4 Å². The van der Waals surface area contributed by atoms with Crippen LogP contribution in [0.1, 0.15) is 5.89 Å². The maximum atomic E-state index is 11.8. The summed E-state index contributed by atoms with van der Waals surface area (Å²) in [5, 5.41) is 14.4. The molecule has 10 nitrogen and oxygen atoms in total. The van der Waals surface area contributed by atoms with Gasteiger partial charge in [-0.05, 0) is 12.1 Å². The summed E-state index contributed by atoms with van der Waals surface area (Å²) in [6.07, 6.45) is 0. The van der Waals surface area contributed by atoms with Gasteiger partial charge in [0.15, 0.2) is 0 Å². The largest absolute Gasteiger partial charge is 0.337 e. The number of rotatable bonds is 4. The van der Waals surface area contributed by atoms with Crippen molar-refractivity contribution in [1.29, 1.82) is 0 Å². The lowest BCUT2D eigenvalue weighted by Gasteiger charge is -2.10. The van der Waals surface area contributed by atoms with E-state index in [1.54, 1.807) is 0 Å². The van der Waals surface area contributed by atoms with E-state index in [1.165, 1.54) is 36.2 Å². The lowest BCUT2D eigenvalue weighted by Crippen LogP contribution is -2.31. The number of aromatic nitrogens is 2. The van der Waals surface area contributed by atoms with Gasteiger partial charge >= 0.3 is 6.03 Å². The molecule has 10 heteroatoms. The topological polar surface area (TPSA) is 123 Å². The summed E-state index contributed by atoms with van der Waals surface area (Å²) in [5.41, 5.74) is 0.482. The van der Waals surface area contributed by atoms with Crippen molar-refractivity contribution in [3.63, 3.8) is 0 Å². The van der Waals surface area contributed by atoms with Crippen LogP contribution < -0.4 is 0 Å². The van der Waals surface area contributed by atoms with Gasteiger partial charge in [0.2, 0.25) is 11.7 Å².